The van der Waals surface area contributed by atoms with Crippen LogP contribution in [0, 0.1) is 0 Å². The minimum atomic E-state index is -0.832. The third-order valence-electron chi connectivity index (χ3n) is 4.49. The summed E-state index contributed by atoms with van der Waals surface area (Å²) in [5.41, 5.74) is -0.610. The van der Waals surface area contributed by atoms with Crippen molar-refractivity contribution in [3.63, 3.8) is 0 Å². The molecule has 10 heteroatoms. The van der Waals surface area contributed by atoms with Gasteiger partial charge >= 0.3 is 12.1 Å². The summed E-state index contributed by atoms with van der Waals surface area (Å²) in [6.45, 7) is 7.70. The van der Waals surface area contributed by atoms with Crippen LogP contribution in [-0.2, 0) is 19.1 Å². The summed E-state index contributed by atoms with van der Waals surface area (Å²) >= 11 is 0. The molecule has 0 radical (unpaired) electrons. The van der Waals surface area contributed by atoms with E-state index in [-0.39, 0.29) is 31.9 Å². The normalized spacial score (nSPS) is 17.8. The lowest BCUT2D eigenvalue weighted by Crippen LogP contribution is -2.59. The monoisotopic (exact) mass is 440 g/mol. The molecule has 0 aromatic heterocycles. The number of likely N-dealkylation sites (N-methyl/N-ethyl adjacent to an activating group) is 1. The number of carbonyl (C=O) groups is 4. The van der Waals surface area contributed by atoms with Crippen LogP contribution >= 0.6 is 0 Å². The molecule has 1 fully saturated rings. The quantitative estimate of drug-likeness (QED) is 0.322. The molecule has 0 bridgehead atoms. The number of piperidine rings is 1. The summed E-state index contributed by atoms with van der Waals surface area (Å²) in [7, 11) is 3.07. The molecule has 0 aromatic carbocycles. The summed E-state index contributed by atoms with van der Waals surface area (Å²) in [4.78, 5) is 51.4. The average Bonchev–Trinajstić information content (AvgIpc) is 2.67. The Morgan fingerprint density at radius 2 is 1.97 bits per heavy atom. The molecule has 2 unspecified atom stereocenters. The molecule has 1 saturated heterocycles. The highest BCUT2D eigenvalue weighted by molar-refractivity contribution is 6.01. The lowest BCUT2D eigenvalue weighted by molar-refractivity contribution is -0.141. The van der Waals surface area contributed by atoms with E-state index >= 15 is 0 Å². The van der Waals surface area contributed by atoms with E-state index < -0.39 is 35.9 Å². The Hall–Kier alpha value is -2.62. The van der Waals surface area contributed by atoms with Crippen LogP contribution in [0.1, 0.15) is 53.4 Å². The second-order valence-electron chi connectivity index (χ2n) is 8.27. The van der Waals surface area contributed by atoms with E-state index in [9.17, 15) is 19.2 Å². The van der Waals surface area contributed by atoms with Crippen molar-refractivity contribution >= 4 is 23.9 Å². The predicted octanol–water partition coefficient (Wildman–Crippen LogP) is 2.00. The summed E-state index contributed by atoms with van der Waals surface area (Å²) in [5.74, 6) is -0.890. The van der Waals surface area contributed by atoms with Crippen LogP contribution in [0.4, 0.5) is 9.59 Å². The van der Waals surface area contributed by atoms with Gasteiger partial charge in [-0.05, 0) is 33.6 Å². The maximum Gasteiger partial charge on any atom is 0.410 e. The second kappa shape index (κ2) is 12.3. The molecule has 176 valence electrons. The maximum absolute atomic E-state index is 12.6. The molecule has 1 aliphatic heterocycles. The van der Waals surface area contributed by atoms with Crippen molar-refractivity contribution in [2.24, 2.45) is 0 Å². The molecular formula is C21H36N4O6. The molecule has 1 rings (SSSR count). The Morgan fingerprint density at radius 1 is 1.29 bits per heavy atom. The third kappa shape index (κ3) is 8.95. The number of urea groups is 1. The van der Waals surface area contributed by atoms with E-state index in [1.807, 2.05) is 19.1 Å². The van der Waals surface area contributed by atoms with E-state index in [0.717, 1.165) is 6.42 Å². The zero-order valence-electron chi connectivity index (χ0n) is 19.4. The first kappa shape index (κ1) is 26.4. The van der Waals surface area contributed by atoms with Gasteiger partial charge in [-0.2, -0.15) is 0 Å². The summed E-state index contributed by atoms with van der Waals surface area (Å²) < 4.78 is 11.3. The Labute approximate surface area is 184 Å². The highest BCUT2D eigenvalue weighted by atomic mass is 16.6. The van der Waals surface area contributed by atoms with Crippen molar-refractivity contribution in [3.05, 3.63) is 12.2 Å². The zero-order chi connectivity index (χ0) is 23.6. The highest BCUT2D eigenvalue weighted by Crippen LogP contribution is 2.19. The zero-order valence-corrected chi connectivity index (χ0v) is 19.4. The van der Waals surface area contributed by atoms with Gasteiger partial charge in [-0.25, -0.2) is 9.59 Å². The van der Waals surface area contributed by atoms with Crippen LogP contribution in [0.5, 0.6) is 0 Å². The van der Waals surface area contributed by atoms with Crippen LogP contribution < -0.4 is 10.6 Å². The second-order valence-corrected chi connectivity index (χ2v) is 8.27. The topological polar surface area (TPSA) is 117 Å². The molecular weight excluding hydrogens is 404 g/mol. The van der Waals surface area contributed by atoms with Gasteiger partial charge in [0.05, 0.1) is 6.61 Å². The number of rotatable bonds is 9. The molecule has 0 aromatic rings. The van der Waals surface area contributed by atoms with Gasteiger partial charge in [-0.3, -0.25) is 19.8 Å². The van der Waals surface area contributed by atoms with Crippen molar-refractivity contribution in [1.29, 1.82) is 0 Å². The van der Waals surface area contributed by atoms with Crippen molar-refractivity contribution in [2.45, 2.75) is 71.2 Å². The standard InChI is InChI=1S/C21H36N4O6/c1-7-8-9-10-17(30-14-13-24(6)20(29)31-21(2,3)4)25(19(28)22-5)15-11-12-16(26)23-18(15)27/h8-9,15,17H,7,10-14H2,1-6H3,(H,22,28)(H,23,26,27)/b9-8-. The fourth-order valence-electron chi connectivity index (χ4n) is 2.95. The Bertz CT molecular complexity index is 673. The van der Waals surface area contributed by atoms with E-state index in [2.05, 4.69) is 10.6 Å². The number of carbonyl (C=O) groups excluding carboxylic acids is 4. The number of amides is 5. The molecule has 5 amide bonds. The Kier molecular flexibility index (Phi) is 10.5. The minimum Gasteiger partial charge on any atom is -0.444 e. The third-order valence-corrected chi connectivity index (χ3v) is 4.49. The molecule has 2 atom stereocenters. The van der Waals surface area contributed by atoms with Crippen LogP contribution in [0.25, 0.3) is 0 Å². The van der Waals surface area contributed by atoms with Gasteiger partial charge in [-0.15, -0.1) is 0 Å². The van der Waals surface area contributed by atoms with E-state index in [1.165, 1.54) is 16.8 Å². The average molecular weight is 441 g/mol. The number of nitrogens with zero attached hydrogens (tertiary/aromatic N) is 2. The van der Waals surface area contributed by atoms with E-state index in [1.54, 1.807) is 27.8 Å². The summed E-state index contributed by atoms with van der Waals surface area (Å²) in [6, 6.07) is -1.31. The molecule has 0 aliphatic carbocycles. The molecule has 10 nitrogen and oxygen atoms in total. The predicted molar refractivity (Wildman–Crippen MR) is 115 cm³/mol. The van der Waals surface area contributed by atoms with Gasteiger partial charge in [0.1, 0.15) is 17.9 Å². The maximum atomic E-state index is 12.6. The van der Waals surface area contributed by atoms with E-state index in [4.69, 9.17) is 9.47 Å². The lowest BCUT2D eigenvalue weighted by Gasteiger charge is -2.38. The molecule has 0 saturated carbocycles. The van der Waals surface area contributed by atoms with Gasteiger partial charge in [0, 0.05) is 33.5 Å². The SMILES string of the molecule is CC/C=C\CC(OCCN(C)C(=O)OC(C)(C)C)N(C(=O)NC)C1CCC(=O)NC1=O. The molecule has 1 heterocycles. The smallest absolute Gasteiger partial charge is 0.410 e. The number of imide groups is 1. The van der Waals surface area contributed by atoms with Gasteiger partial charge in [-0.1, -0.05) is 19.1 Å². The lowest BCUT2D eigenvalue weighted by atomic mass is 10.0. The number of nitrogens with one attached hydrogen (secondary N) is 2. The Morgan fingerprint density at radius 3 is 2.52 bits per heavy atom. The van der Waals surface area contributed by atoms with Crippen molar-refractivity contribution in [1.82, 2.24) is 20.4 Å². The van der Waals surface area contributed by atoms with Crippen LogP contribution in [0.3, 0.4) is 0 Å². The van der Waals surface area contributed by atoms with Crippen LogP contribution in [0.2, 0.25) is 0 Å². The van der Waals surface area contributed by atoms with Crippen molar-refractivity contribution in [3.8, 4) is 0 Å². The van der Waals surface area contributed by atoms with E-state index in [0.29, 0.717) is 6.42 Å². The number of hydrogen-bond acceptors (Lipinski definition) is 6. The number of allylic oxidation sites excluding steroid dienone is 1. The van der Waals surface area contributed by atoms with Gasteiger partial charge < -0.3 is 19.7 Å². The number of hydrogen-bond donors (Lipinski definition) is 2. The fraction of sp³-hybridized carbons (Fsp3) is 0.714. The largest absolute Gasteiger partial charge is 0.444 e. The first-order valence-electron chi connectivity index (χ1n) is 10.5. The van der Waals surface area contributed by atoms with Crippen LogP contribution in [-0.4, -0.2) is 78.9 Å². The number of ether oxygens (including phenoxy) is 2. The molecule has 1 aliphatic rings. The minimum absolute atomic E-state index is 0.126. The first-order chi connectivity index (χ1) is 14.5. The van der Waals surface area contributed by atoms with Gasteiger partial charge in [0.25, 0.3) is 0 Å². The highest BCUT2D eigenvalue weighted by Gasteiger charge is 2.38. The summed E-state index contributed by atoms with van der Waals surface area (Å²) in [6.07, 6.45) is 4.11. The van der Waals surface area contributed by atoms with Crippen molar-refractivity contribution in [2.75, 3.05) is 27.2 Å². The summed E-state index contributed by atoms with van der Waals surface area (Å²) in [5, 5.41) is 4.82. The molecule has 0 spiro atoms. The van der Waals surface area contributed by atoms with Crippen molar-refractivity contribution < 1.29 is 28.7 Å². The van der Waals surface area contributed by atoms with Crippen LogP contribution in [0.15, 0.2) is 12.2 Å². The Balaban J connectivity index is 2.91. The molecule has 31 heavy (non-hydrogen) atoms. The molecule has 2 N–H and O–H groups in total. The van der Waals surface area contributed by atoms with Gasteiger partial charge in [0.2, 0.25) is 11.8 Å². The fourth-order valence-corrected chi connectivity index (χ4v) is 2.95. The first-order valence-corrected chi connectivity index (χ1v) is 10.5. The van der Waals surface area contributed by atoms with Gasteiger partial charge in [0.15, 0.2) is 0 Å².